The van der Waals surface area contributed by atoms with E-state index >= 15 is 0 Å². The number of anilines is 1. The Labute approximate surface area is 110 Å². The quantitative estimate of drug-likeness (QED) is 0.630. The Balaban J connectivity index is 2.05. The Morgan fingerprint density at radius 2 is 2.16 bits per heavy atom. The summed E-state index contributed by atoms with van der Waals surface area (Å²) in [5.74, 6) is 0. The Hall–Kier alpha value is -2.31. The number of hydrogen-bond donors (Lipinski definition) is 2. The summed E-state index contributed by atoms with van der Waals surface area (Å²) in [6.07, 6.45) is 0. The van der Waals surface area contributed by atoms with Gasteiger partial charge in [-0.05, 0) is 18.6 Å². The summed E-state index contributed by atoms with van der Waals surface area (Å²) in [7, 11) is 1.55. The summed E-state index contributed by atoms with van der Waals surface area (Å²) in [5.41, 5.74) is 1.57. The van der Waals surface area contributed by atoms with E-state index in [0.717, 1.165) is 5.56 Å². The van der Waals surface area contributed by atoms with Gasteiger partial charge in [-0.1, -0.05) is 6.07 Å². The topological polar surface area (TPSA) is 87.5 Å². The van der Waals surface area contributed by atoms with E-state index in [1.807, 2.05) is 17.9 Å². The Bertz CT molecular complexity index is 512. The highest BCUT2D eigenvalue weighted by atomic mass is 16.6. The number of carbonyl (C=O) groups is 1. The van der Waals surface area contributed by atoms with Crippen LogP contribution in [0.4, 0.5) is 16.2 Å². The van der Waals surface area contributed by atoms with Crippen molar-refractivity contribution >= 4 is 17.4 Å². The van der Waals surface area contributed by atoms with E-state index in [-0.39, 0.29) is 22.7 Å². The minimum Gasteiger partial charge on any atom is -0.362 e. The van der Waals surface area contributed by atoms with Crippen LogP contribution in [0.2, 0.25) is 0 Å². The summed E-state index contributed by atoms with van der Waals surface area (Å²) in [6.45, 7) is 2.98. The normalized spacial score (nSPS) is 14.7. The zero-order valence-corrected chi connectivity index (χ0v) is 10.8. The summed E-state index contributed by atoms with van der Waals surface area (Å²) < 4.78 is 0. The van der Waals surface area contributed by atoms with Gasteiger partial charge in [0.15, 0.2) is 0 Å². The van der Waals surface area contributed by atoms with Crippen molar-refractivity contribution in [3.8, 4) is 0 Å². The average Bonchev–Trinajstić information content (AvgIpc) is 2.33. The lowest BCUT2D eigenvalue weighted by Crippen LogP contribution is -2.60. The number of nitrogens with one attached hydrogen (secondary N) is 2. The Morgan fingerprint density at radius 1 is 1.47 bits per heavy atom. The lowest BCUT2D eigenvalue weighted by atomic mass is 10.1. The number of nitro benzene ring substituents is 1. The molecule has 1 aliphatic heterocycles. The summed E-state index contributed by atoms with van der Waals surface area (Å²) in [6, 6.07) is 4.96. The minimum atomic E-state index is -0.373. The molecular weight excluding hydrogens is 248 g/mol. The summed E-state index contributed by atoms with van der Waals surface area (Å²) >= 11 is 0. The molecule has 0 bridgehead atoms. The van der Waals surface area contributed by atoms with Crippen LogP contribution in [-0.4, -0.2) is 37.1 Å². The number of urea groups is 1. The molecular formula is C12H16N4O3. The van der Waals surface area contributed by atoms with Gasteiger partial charge < -0.3 is 15.5 Å². The zero-order valence-electron chi connectivity index (χ0n) is 10.8. The smallest absolute Gasteiger partial charge is 0.314 e. The van der Waals surface area contributed by atoms with Crippen molar-refractivity contribution in [1.82, 2.24) is 10.6 Å². The Kier molecular flexibility index (Phi) is 3.55. The van der Waals surface area contributed by atoms with E-state index in [1.54, 1.807) is 19.2 Å². The lowest BCUT2D eigenvalue weighted by molar-refractivity contribution is -0.384. The third-order valence-corrected chi connectivity index (χ3v) is 3.11. The molecule has 1 fully saturated rings. The number of nitrogens with zero attached hydrogens (tertiary/aromatic N) is 2. The molecule has 7 nitrogen and oxygen atoms in total. The molecule has 102 valence electrons. The molecule has 0 spiro atoms. The number of rotatable bonds is 3. The van der Waals surface area contributed by atoms with Crippen molar-refractivity contribution in [3.63, 3.8) is 0 Å². The van der Waals surface area contributed by atoms with Crippen LogP contribution in [-0.2, 0) is 0 Å². The number of nitro groups is 1. The monoisotopic (exact) mass is 264 g/mol. The molecule has 0 aromatic heterocycles. The average molecular weight is 264 g/mol. The van der Waals surface area contributed by atoms with Crippen molar-refractivity contribution in [1.29, 1.82) is 0 Å². The van der Waals surface area contributed by atoms with Crippen molar-refractivity contribution in [2.75, 3.05) is 25.0 Å². The minimum absolute atomic E-state index is 0.0286. The van der Waals surface area contributed by atoms with Crippen LogP contribution in [0.1, 0.15) is 5.56 Å². The van der Waals surface area contributed by atoms with Gasteiger partial charge in [-0.15, -0.1) is 0 Å². The first-order valence-corrected chi connectivity index (χ1v) is 5.99. The first-order valence-electron chi connectivity index (χ1n) is 5.99. The number of carbonyl (C=O) groups excluding carboxylic acids is 1. The third-order valence-electron chi connectivity index (χ3n) is 3.11. The fourth-order valence-electron chi connectivity index (χ4n) is 2.07. The Morgan fingerprint density at radius 3 is 2.74 bits per heavy atom. The first kappa shape index (κ1) is 13.1. The van der Waals surface area contributed by atoms with Crippen molar-refractivity contribution in [2.45, 2.75) is 13.0 Å². The van der Waals surface area contributed by atoms with Gasteiger partial charge >= 0.3 is 6.03 Å². The van der Waals surface area contributed by atoms with E-state index in [4.69, 9.17) is 0 Å². The number of amides is 2. The van der Waals surface area contributed by atoms with Crippen molar-refractivity contribution < 1.29 is 9.72 Å². The number of hydrogen-bond acceptors (Lipinski definition) is 4. The van der Waals surface area contributed by atoms with Gasteiger partial charge in [-0.3, -0.25) is 10.1 Å². The highest BCUT2D eigenvalue weighted by Crippen LogP contribution is 2.31. The van der Waals surface area contributed by atoms with Gasteiger partial charge in [-0.2, -0.15) is 0 Å². The predicted molar refractivity (Wildman–Crippen MR) is 71.4 cm³/mol. The van der Waals surface area contributed by atoms with Gasteiger partial charge in [0.05, 0.1) is 11.0 Å². The molecule has 0 saturated carbocycles. The van der Waals surface area contributed by atoms with Crippen LogP contribution in [0.5, 0.6) is 0 Å². The second-order valence-corrected chi connectivity index (χ2v) is 4.57. The standard InChI is InChI=1S/C12H16N4O3/c1-8-3-4-10(11(5-8)16(18)19)15-6-9(7-15)14-12(17)13-2/h3-5,9H,6-7H2,1-2H3,(H2,13,14,17). The molecule has 19 heavy (non-hydrogen) atoms. The fraction of sp³-hybridized carbons (Fsp3) is 0.417. The maximum atomic E-state index is 11.1. The van der Waals surface area contributed by atoms with Crippen LogP contribution in [0, 0.1) is 17.0 Å². The van der Waals surface area contributed by atoms with Gasteiger partial charge in [-0.25, -0.2) is 4.79 Å². The molecule has 2 N–H and O–H groups in total. The molecule has 1 aliphatic rings. The van der Waals surface area contributed by atoms with Crippen LogP contribution in [0.15, 0.2) is 18.2 Å². The predicted octanol–water partition coefficient (Wildman–Crippen LogP) is 1.02. The highest BCUT2D eigenvalue weighted by Gasteiger charge is 2.31. The van der Waals surface area contributed by atoms with E-state index in [2.05, 4.69) is 10.6 Å². The zero-order chi connectivity index (χ0) is 14.0. The van der Waals surface area contributed by atoms with E-state index in [1.165, 1.54) is 0 Å². The highest BCUT2D eigenvalue weighted by molar-refractivity contribution is 5.75. The van der Waals surface area contributed by atoms with Crippen LogP contribution in [0.3, 0.4) is 0 Å². The van der Waals surface area contributed by atoms with Crippen molar-refractivity contribution in [2.24, 2.45) is 0 Å². The van der Waals surface area contributed by atoms with E-state index in [0.29, 0.717) is 18.8 Å². The van der Waals surface area contributed by atoms with Gasteiger partial charge in [0.2, 0.25) is 0 Å². The first-order chi connectivity index (χ1) is 9.01. The maximum Gasteiger partial charge on any atom is 0.314 e. The fourth-order valence-corrected chi connectivity index (χ4v) is 2.07. The molecule has 0 unspecified atom stereocenters. The molecule has 1 aromatic rings. The third kappa shape index (κ3) is 2.75. The van der Waals surface area contributed by atoms with E-state index < -0.39 is 0 Å². The van der Waals surface area contributed by atoms with E-state index in [9.17, 15) is 14.9 Å². The molecule has 0 radical (unpaired) electrons. The second kappa shape index (κ2) is 5.13. The largest absolute Gasteiger partial charge is 0.362 e. The molecule has 2 amide bonds. The molecule has 0 aliphatic carbocycles. The maximum absolute atomic E-state index is 11.1. The number of aryl methyl sites for hydroxylation is 1. The molecule has 1 heterocycles. The molecule has 1 saturated heterocycles. The lowest BCUT2D eigenvalue weighted by Gasteiger charge is -2.40. The molecule has 2 rings (SSSR count). The molecule has 7 heteroatoms. The summed E-state index contributed by atoms with van der Waals surface area (Å²) in [4.78, 5) is 23.7. The van der Waals surface area contributed by atoms with Crippen LogP contribution >= 0.6 is 0 Å². The second-order valence-electron chi connectivity index (χ2n) is 4.57. The van der Waals surface area contributed by atoms with Gasteiger partial charge in [0.25, 0.3) is 5.69 Å². The SMILES string of the molecule is CNC(=O)NC1CN(c2ccc(C)cc2[N+](=O)[O-])C1. The summed E-state index contributed by atoms with van der Waals surface area (Å²) in [5, 5.41) is 16.3. The number of benzene rings is 1. The van der Waals surface area contributed by atoms with Gasteiger partial charge in [0, 0.05) is 26.2 Å². The van der Waals surface area contributed by atoms with Gasteiger partial charge in [0.1, 0.15) is 5.69 Å². The van der Waals surface area contributed by atoms with Crippen molar-refractivity contribution in [3.05, 3.63) is 33.9 Å². The molecule has 1 aromatic carbocycles. The molecule has 0 atom stereocenters. The van der Waals surface area contributed by atoms with Crippen LogP contribution in [0.25, 0.3) is 0 Å². The van der Waals surface area contributed by atoms with Crippen LogP contribution < -0.4 is 15.5 Å².